The molecule has 0 aromatic carbocycles. The van der Waals surface area contributed by atoms with Crippen LogP contribution in [0.25, 0.3) is 0 Å². The highest BCUT2D eigenvalue weighted by Crippen LogP contribution is 2.36. The van der Waals surface area contributed by atoms with Crippen molar-refractivity contribution in [2.75, 3.05) is 13.7 Å². The minimum atomic E-state index is -4.68. The minimum Gasteiger partial charge on any atom is -0.463 e. The molecule has 0 radical (unpaired) electrons. The van der Waals surface area contributed by atoms with E-state index in [0.717, 1.165) is 27.8 Å². The van der Waals surface area contributed by atoms with Gasteiger partial charge in [-0.05, 0) is 0 Å². The standard InChI is InChI=1S/C15H20F3NO7S/c1-7(20)23-6-11-13(25-9(3)22)10(24-8(2)21)5-12(26-11)27-14(19-4)15(16,17)18/h10-13H,5-6H2,1-4H3/b19-14-/t10-,11-,12?,13+/m1/s1. The second-order valence-corrected chi connectivity index (χ2v) is 6.66. The Morgan fingerprint density at radius 2 is 1.70 bits per heavy atom. The third kappa shape index (κ3) is 7.75. The number of carbonyl (C=O) groups excluding carboxylic acids is 3. The molecule has 8 nitrogen and oxygen atoms in total. The molecule has 0 bridgehead atoms. The van der Waals surface area contributed by atoms with E-state index in [1.165, 1.54) is 0 Å². The SMILES string of the molecule is C/N=C(\SC1C[C@@H](OC(C)=O)[C@H](OC(C)=O)[C@@H](COC(C)=O)O1)C(F)(F)F. The molecule has 0 amide bonds. The maximum atomic E-state index is 13.0. The fourth-order valence-electron chi connectivity index (χ4n) is 2.34. The van der Waals surface area contributed by atoms with Crippen molar-refractivity contribution in [2.45, 2.75) is 57.1 Å². The van der Waals surface area contributed by atoms with Crippen LogP contribution in [0.3, 0.4) is 0 Å². The number of esters is 3. The van der Waals surface area contributed by atoms with Crippen LogP contribution in [0.2, 0.25) is 0 Å². The van der Waals surface area contributed by atoms with Crippen LogP contribution in [-0.2, 0) is 33.3 Å². The molecular weight excluding hydrogens is 395 g/mol. The second kappa shape index (κ2) is 9.93. The molecule has 1 rings (SSSR count). The number of aliphatic imine (C=N–C) groups is 1. The van der Waals surface area contributed by atoms with Crippen LogP contribution >= 0.6 is 11.8 Å². The third-order valence-electron chi connectivity index (χ3n) is 3.24. The molecule has 0 aromatic heterocycles. The summed E-state index contributed by atoms with van der Waals surface area (Å²) in [6.45, 7) is 2.95. The van der Waals surface area contributed by atoms with Gasteiger partial charge in [-0.15, -0.1) is 0 Å². The highest BCUT2D eigenvalue weighted by atomic mass is 32.2. The summed E-state index contributed by atoms with van der Waals surface area (Å²) in [5.74, 6) is -2.09. The van der Waals surface area contributed by atoms with Gasteiger partial charge in [0.2, 0.25) is 0 Å². The maximum Gasteiger partial charge on any atom is 0.439 e. The number of carbonyl (C=O) groups is 3. The van der Waals surface area contributed by atoms with Gasteiger partial charge in [-0.2, -0.15) is 13.2 Å². The van der Waals surface area contributed by atoms with Gasteiger partial charge >= 0.3 is 24.1 Å². The highest BCUT2D eigenvalue weighted by molar-refractivity contribution is 8.14. The summed E-state index contributed by atoms with van der Waals surface area (Å²) in [5.41, 5.74) is -1.12. The second-order valence-electron chi connectivity index (χ2n) is 5.51. The van der Waals surface area contributed by atoms with Crippen LogP contribution in [-0.4, -0.2) is 66.5 Å². The lowest BCUT2D eigenvalue weighted by Gasteiger charge is -2.40. The first-order valence-corrected chi connectivity index (χ1v) is 8.65. The quantitative estimate of drug-likeness (QED) is 0.290. The van der Waals surface area contributed by atoms with Gasteiger partial charge in [0.25, 0.3) is 0 Å². The molecular formula is C15H20F3NO7S. The van der Waals surface area contributed by atoms with Gasteiger partial charge in [0.05, 0.1) is 0 Å². The van der Waals surface area contributed by atoms with Crippen LogP contribution in [0, 0.1) is 0 Å². The van der Waals surface area contributed by atoms with E-state index in [1.54, 1.807) is 0 Å². The minimum absolute atomic E-state index is 0.187. The molecule has 27 heavy (non-hydrogen) atoms. The summed E-state index contributed by atoms with van der Waals surface area (Å²) >= 11 is 0.293. The monoisotopic (exact) mass is 415 g/mol. The summed E-state index contributed by atoms with van der Waals surface area (Å²) in [6, 6.07) is 0. The van der Waals surface area contributed by atoms with E-state index in [1.807, 2.05) is 0 Å². The zero-order valence-corrected chi connectivity index (χ0v) is 15.9. The molecule has 1 fully saturated rings. The summed E-state index contributed by atoms with van der Waals surface area (Å²) in [4.78, 5) is 37.0. The van der Waals surface area contributed by atoms with Gasteiger partial charge in [0, 0.05) is 34.2 Å². The van der Waals surface area contributed by atoms with Crippen LogP contribution in [0.5, 0.6) is 0 Å². The molecule has 0 N–H and O–H groups in total. The highest BCUT2D eigenvalue weighted by Gasteiger charge is 2.46. The van der Waals surface area contributed by atoms with E-state index in [4.69, 9.17) is 18.9 Å². The Bertz CT molecular complexity index is 596. The van der Waals surface area contributed by atoms with Crippen molar-refractivity contribution >= 4 is 34.7 Å². The number of rotatable bonds is 5. The van der Waals surface area contributed by atoms with Crippen molar-refractivity contribution in [3.8, 4) is 0 Å². The van der Waals surface area contributed by atoms with Gasteiger partial charge in [0.15, 0.2) is 11.1 Å². The number of alkyl halides is 3. The van der Waals surface area contributed by atoms with Crippen LogP contribution in [0.1, 0.15) is 27.2 Å². The first-order chi connectivity index (χ1) is 12.4. The van der Waals surface area contributed by atoms with E-state index < -0.39 is 59.5 Å². The molecule has 0 spiro atoms. The molecule has 1 heterocycles. The average molecular weight is 415 g/mol. The number of thioether (sulfide) groups is 1. The molecule has 1 unspecified atom stereocenters. The Hall–Kier alpha value is -1.82. The predicted octanol–water partition coefficient (Wildman–Crippen LogP) is 1.85. The molecule has 1 aliphatic heterocycles. The lowest BCUT2D eigenvalue weighted by atomic mass is 10.0. The number of nitrogens with zero attached hydrogens (tertiary/aromatic N) is 1. The van der Waals surface area contributed by atoms with Crippen molar-refractivity contribution < 1.29 is 46.5 Å². The molecule has 4 atom stereocenters. The van der Waals surface area contributed by atoms with E-state index in [2.05, 4.69) is 4.99 Å². The lowest BCUT2D eigenvalue weighted by Crippen LogP contribution is -2.53. The van der Waals surface area contributed by atoms with Gasteiger partial charge in [0.1, 0.15) is 24.3 Å². The molecule has 0 aromatic rings. The largest absolute Gasteiger partial charge is 0.463 e. The third-order valence-corrected chi connectivity index (χ3v) is 4.45. The van der Waals surface area contributed by atoms with E-state index in [0.29, 0.717) is 11.8 Å². The predicted molar refractivity (Wildman–Crippen MR) is 88.0 cm³/mol. The number of hydrogen-bond donors (Lipinski definition) is 0. The van der Waals surface area contributed by atoms with Crippen molar-refractivity contribution in [1.82, 2.24) is 0 Å². The Morgan fingerprint density at radius 1 is 1.11 bits per heavy atom. The molecule has 12 heteroatoms. The van der Waals surface area contributed by atoms with Crippen molar-refractivity contribution in [3.05, 3.63) is 0 Å². The summed E-state index contributed by atoms with van der Waals surface area (Å²) in [5, 5.41) is -1.13. The van der Waals surface area contributed by atoms with Gasteiger partial charge < -0.3 is 18.9 Å². The average Bonchev–Trinajstić information content (AvgIpc) is 2.50. The maximum absolute atomic E-state index is 13.0. The number of ether oxygens (including phenoxy) is 4. The van der Waals surface area contributed by atoms with E-state index >= 15 is 0 Å². The smallest absolute Gasteiger partial charge is 0.439 e. The topological polar surface area (TPSA) is 100 Å². The first-order valence-electron chi connectivity index (χ1n) is 7.78. The van der Waals surface area contributed by atoms with Crippen molar-refractivity contribution in [2.24, 2.45) is 4.99 Å². The zero-order chi connectivity index (χ0) is 20.8. The first kappa shape index (κ1) is 23.2. The molecule has 154 valence electrons. The van der Waals surface area contributed by atoms with Crippen LogP contribution in [0.15, 0.2) is 4.99 Å². The Kier molecular flexibility index (Phi) is 8.54. The Labute approximate surface area is 157 Å². The number of halogens is 3. The Morgan fingerprint density at radius 3 is 2.15 bits per heavy atom. The van der Waals surface area contributed by atoms with Crippen molar-refractivity contribution in [3.63, 3.8) is 0 Å². The molecule has 0 saturated carbocycles. The van der Waals surface area contributed by atoms with Gasteiger partial charge in [-0.3, -0.25) is 19.4 Å². The number of hydrogen-bond acceptors (Lipinski definition) is 9. The van der Waals surface area contributed by atoms with E-state index in [-0.39, 0.29) is 6.42 Å². The van der Waals surface area contributed by atoms with Crippen molar-refractivity contribution in [1.29, 1.82) is 0 Å². The van der Waals surface area contributed by atoms with Crippen LogP contribution < -0.4 is 0 Å². The summed E-state index contributed by atoms with van der Waals surface area (Å²) in [6.07, 6.45) is -8.22. The zero-order valence-electron chi connectivity index (χ0n) is 15.1. The van der Waals surface area contributed by atoms with Gasteiger partial charge in [-0.1, -0.05) is 11.8 Å². The summed E-state index contributed by atoms with van der Waals surface area (Å²) in [7, 11) is 0.986. The fourth-order valence-corrected chi connectivity index (χ4v) is 3.32. The van der Waals surface area contributed by atoms with Crippen LogP contribution in [0.4, 0.5) is 13.2 Å². The summed E-state index contributed by atoms with van der Waals surface area (Å²) < 4.78 is 59.4. The molecule has 1 saturated heterocycles. The Balaban J connectivity index is 3.07. The van der Waals surface area contributed by atoms with Gasteiger partial charge in [-0.25, -0.2) is 0 Å². The fraction of sp³-hybridized carbons (Fsp3) is 0.733. The lowest BCUT2D eigenvalue weighted by molar-refractivity contribution is -0.204. The molecule has 0 aliphatic carbocycles. The van der Waals surface area contributed by atoms with E-state index in [9.17, 15) is 27.6 Å². The normalized spacial score (nSPS) is 26.3. The molecule has 1 aliphatic rings.